The van der Waals surface area contributed by atoms with Crippen molar-refractivity contribution in [2.45, 2.75) is 13.1 Å². The SMILES string of the molecule is Cc1nc(-c2cc(C(F)(F)F)ccc2F)ccc1O. The number of nitrogens with zero attached hydrogens (tertiary/aromatic N) is 1. The predicted octanol–water partition coefficient (Wildman–Crippen LogP) is 3.92. The minimum absolute atomic E-state index is 0.0406. The molecule has 19 heavy (non-hydrogen) atoms. The molecule has 0 bridgehead atoms. The number of hydrogen-bond donors (Lipinski definition) is 1. The van der Waals surface area contributed by atoms with Gasteiger partial charge in [-0.25, -0.2) is 9.37 Å². The minimum atomic E-state index is -4.55. The van der Waals surface area contributed by atoms with Crippen molar-refractivity contribution in [3.63, 3.8) is 0 Å². The van der Waals surface area contributed by atoms with Crippen LogP contribution >= 0.6 is 0 Å². The Hall–Kier alpha value is -2.11. The highest BCUT2D eigenvalue weighted by Gasteiger charge is 2.31. The Morgan fingerprint density at radius 3 is 2.37 bits per heavy atom. The lowest BCUT2D eigenvalue weighted by Crippen LogP contribution is -2.05. The third-order valence-electron chi connectivity index (χ3n) is 2.63. The molecule has 0 aliphatic carbocycles. The molecule has 1 N–H and O–H groups in total. The standard InChI is InChI=1S/C13H9F4NO/c1-7-12(19)5-4-11(18-7)9-6-8(13(15,16)17)2-3-10(9)14/h2-6,19H,1H3. The normalized spacial score (nSPS) is 11.6. The zero-order valence-electron chi connectivity index (χ0n) is 9.79. The van der Waals surface area contributed by atoms with Crippen molar-refractivity contribution in [3.05, 3.63) is 47.4 Å². The quantitative estimate of drug-likeness (QED) is 0.797. The van der Waals surface area contributed by atoms with Gasteiger partial charge in [0, 0.05) is 5.56 Å². The van der Waals surface area contributed by atoms with Crippen LogP contribution in [0.3, 0.4) is 0 Å². The lowest BCUT2D eigenvalue weighted by Gasteiger charge is -2.10. The summed E-state index contributed by atoms with van der Waals surface area (Å²) in [5, 5.41) is 9.31. The number of rotatable bonds is 1. The van der Waals surface area contributed by atoms with Gasteiger partial charge in [-0.2, -0.15) is 13.2 Å². The van der Waals surface area contributed by atoms with Gasteiger partial charge in [-0.1, -0.05) is 0 Å². The molecule has 0 saturated carbocycles. The van der Waals surface area contributed by atoms with Crippen LogP contribution in [0.25, 0.3) is 11.3 Å². The number of aromatic hydroxyl groups is 1. The van der Waals surface area contributed by atoms with E-state index in [1.54, 1.807) is 0 Å². The fraction of sp³-hybridized carbons (Fsp3) is 0.154. The van der Waals surface area contributed by atoms with Crippen LogP contribution in [0.15, 0.2) is 30.3 Å². The molecule has 0 radical (unpaired) electrons. The summed E-state index contributed by atoms with van der Waals surface area (Å²) in [6.07, 6.45) is -4.55. The van der Waals surface area contributed by atoms with Crippen LogP contribution in [0.2, 0.25) is 0 Å². The molecule has 0 fully saturated rings. The topological polar surface area (TPSA) is 33.1 Å². The molecule has 0 saturated heterocycles. The Bertz CT molecular complexity index is 623. The van der Waals surface area contributed by atoms with Crippen molar-refractivity contribution < 1.29 is 22.7 Å². The summed E-state index contributed by atoms with van der Waals surface area (Å²) in [4.78, 5) is 3.87. The van der Waals surface area contributed by atoms with Gasteiger partial charge in [0.25, 0.3) is 0 Å². The number of pyridine rings is 1. The van der Waals surface area contributed by atoms with Crippen LogP contribution in [0.1, 0.15) is 11.3 Å². The van der Waals surface area contributed by atoms with Crippen LogP contribution in [-0.4, -0.2) is 10.1 Å². The van der Waals surface area contributed by atoms with E-state index in [1.165, 1.54) is 19.1 Å². The lowest BCUT2D eigenvalue weighted by molar-refractivity contribution is -0.137. The first-order chi connectivity index (χ1) is 8.79. The maximum Gasteiger partial charge on any atom is 0.416 e. The summed E-state index contributed by atoms with van der Waals surface area (Å²) in [5.41, 5.74) is -0.942. The van der Waals surface area contributed by atoms with Gasteiger partial charge in [-0.15, -0.1) is 0 Å². The molecule has 2 nitrogen and oxygen atoms in total. The van der Waals surface area contributed by atoms with Gasteiger partial charge in [0.1, 0.15) is 11.6 Å². The predicted molar refractivity (Wildman–Crippen MR) is 61.0 cm³/mol. The van der Waals surface area contributed by atoms with E-state index in [-0.39, 0.29) is 22.7 Å². The Kier molecular flexibility index (Phi) is 3.18. The largest absolute Gasteiger partial charge is 0.506 e. The number of benzene rings is 1. The molecule has 0 spiro atoms. The molecular weight excluding hydrogens is 262 g/mol. The molecule has 2 aromatic rings. The molecule has 1 aromatic heterocycles. The Morgan fingerprint density at radius 1 is 1.11 bits per heavy atom. The van der Waals surface area contributed by atoms with Gasteiger partial charge in [0.2, 0.25) is 0 Å². The van der Waals surface area contributed by atoms with Crippen molar-refractivity contribution in [2.75, 3.05) is 0 Å². The monoisotopic (exact) mass is 271 g/mol. The first-order valence-corrected chi connectivity index (χ1v) is 5.33. The summed E-state index contributed by atoms with van der Waals surface area (Å²) in [5.74, 6) is -0.901. The fourth-order valence-corrected chi connectivity index (χ4v) is 1.60. The van der Waals surface area contributed by atoms with Crippen LogP contribution in [0.5, 0.6) is 5.75 Å². The third kappa shape index (κ3) is 2.67. The summed E-state index contributed by atoms with van der Waals surface area (Å²) in [7, 11) is 0. The van der Waals surface area contributed by atoms with E-state index in [0.29, 0.717) is 12.1 Å². The summed E-state index contributed by atoms with van der Waals surface area (Å²) < 4.78 is 51.3. The maximum absolute atomic E-state index is 13.6. The smallest absolute Gasteiger partial charge is 0.416 e. The van der Waals surface area contributed by atoms with E-state index in [2.05, 4.69) is 4.98 Å². The van der Waals surface area contributed by atoms with E-state index >= 15 is 0 Å². The van der Waals surface area contributed by atoms with Gasteiger partial charge in [0.05, 0.1) is 17.0 Å². The molecule has 0 amide bonds. The second-order valence-corrected chi connectivity index (χ2v) is 3.99. The summed E-state index contributed by atoms with van der Waals surface area (Å²) >= 11 is 0. The lowest BCUT2D eigenvalue weighted by atomic mass is 10.1. The maximum atomic E-state index is 13.6. The van der Waals surface area contributed by atoms with Gasteiger partial charge in [-0.05, 0) is 37.3 Å². The second-order valence-electron chi connectivity index (χ2n) is 3.99. The van der Waals surface area contributed by atoms with Crippen molar-refractivity contribution in [2.24, 2.45) is 0 Å². The van der Waals surface area contributed by atoms with Crippen LogP contribution in [-0.2, 0) is 6.18 Å². The molecule has 100 valence electrons. The molecule has 1 heterocycles. The molecule has 0 atom stereocenters. The highest BCUT2D eigenvalue weighted by Crippen LogP contribution is 2.33. The molecule has 0 aliphatic heterocycles. The molecule has 6 heteroatoms. The Labute approximate surface area is 106 Å². The molecule has 0 aliphatic rings. The van der Waals surface area contributed by atoms with Gasteiger partial charge >= 0.3 is 6.18 Å². The third-order valence-corrected chi connectivity index (χ3v) is 2.63. The minimum Gasteiger partial charge on any atom is -0.506 e. The number of hydrogen-bond acceptors (Lipinski definition) is 2. The first kappa shape index (κ1) is 13.3. The average molecular weight is 271 g/mol. The molecule has 0 unspecified atom stereocenters. The van der Waals surface area contributed by atoms with E-state index in [4.69, 9.17) is 0 Å². The second kappa shape index (κ2) is 4.53. The Balaban J connectivity index is 2.58. The zero-order valence-corrected chi connectivity index (χ0v) is 9.79. The fourth-order valence-electron chi connectivity index (χ4n) is 1.60. The number of aromatic nitrogens is 1. The molecule has 2 rings (SSSR count). The Morgan fingerprint density at radius 2 is 1.79 bits per heavy atom. The zero-order chi connectivity index (χ0) is 14.2. The molecule has 1 aromatic carbocycles. The summed E-state index contributed by atoms with van der Waals surface area (Å²) in [6.45, 7) is 1.48. The van der Waals surface area contributed by atoms with Crippen LogP contribution in [0, 0.1) is 12.7 Å². The van der Waals surface area contributed by atoms with Crippen LogP contribution < -0.4 is 0 Å². The highest BCUT2D eigenvalue weighted by atomic mass is 19.4. The van der Waals surface area contributed by atoms with Crippen molar-refractivity contribution in [1.82, 2.24) is 4.98 Å². The van der Waals surface area contributed by atoms with Crippen molar-refractivity contribution in [1.29, 1.82) is 0 Å². The van der Waals surface area contributed by atoms with E-state index < -0.39 is 17.6 Å². The van der Waals surface area contributed by atoms with Gasteiger partial charge < -0.3 is 5.11 Å². The summed E-state index contributed by atoms with van der Waals surface area (Å²) in [6, 6.07) is 4.65. The van der Waals surface area contributed by atoms with Crippen LogP contribution in [0.4, 0.5) is 17.6 Å². The van der Waals surface area contributed by atoms with E-state index in [1.807, 2.05) is 0 Å². The van der Waals surface area contributed by atoms with Crippen molar-refractivity contribution >= 4 is 0 Å². The number of alkyl halides is 3. The highest BCUT2D eigenvalue weighted by molar-refractivity contribution is 5.62. The number of aryl methyl sites for hydroxylation is 1. The molecular formula is C13H9F4NO. The number of halogens is 4. The average Bonchev–Trinajstić information content (AvgIpc) is 2.32. The van der Waals surface area contributed by atoms with Gasteiger partial charge in [0.15, 0.2) is 0 Å². The van der Waals surface area contributed by atoms with E-state index in [0.717, 1.165) is 6.07 Å². The van der Waals surface area contributed by atoms with Gasteiger partial charge in [-0.3, -0.25) is 0 Å². The van der Waals surface area contributed by atoms with E-state index in [9.17, 15) is 22.7 Å². The first-order valence-electron chi connectivity index (χ1n) is 5.33. The van der Waals surface area contributed by atoms with Crippen molar-refractivity contribution in [3.8, 4) is 17.0 Å².